The van der Waals surface area contributed by atoms with E-state index in [-0.39, 0.29) is 0 Å². The first-order valence-electron chi connectivity index (χ1n) is 3.85. The zero-order chi connectivity index (χ0) is 8.97. The molecule has 1 amide bonds. The molecule has 1 aliphatic rings. The first-order valence-corrected chi connectivity index (χ1v) is 3.85. The predicted molar refractivity (Wildman–Crippen MR) is 39.5 cm³/mol. The quantitative estimate of drug-likeness (QED) is 0.599. The Balaban J connectivity index is 2.30. The lowest BCUT2D eigenvalue weighted by molar-refractivity contribution is -0.144. The van der Waals surface area contributed by atoms with Crippen LogP contribution in [0.3, 0.4) is 0 Å². The third-order valence-corrected chi connectivity index (χ3v) is 1.46. The minimum atomic E-state index is -0.712. The van der Waals surface area contributed by atoms with E-state index in [4.69, 9.17) is 4.74 Å². The van der Waals surface area contributed by atoms with Gasteiger partial charge in [-0.3, -0.25) is 0 Å². The average molecular weight is 173 g/mol. The monoisotopic (exact) mass is 173 g/mol. The van der Waals surface area contributed by atoms with Crippen molar-refractivity contribution < 1.29 is 19.1 Å². The molecule has 0 aromatic heterocycles. The Kier molecular flexibility index (Phi) is 2.90. The molecule has 1 atom stereocenters. The molecule has 1 rings (SSSR count). The first kappa shape index (κ1) is 8.83. The average Bonchev–Trinajstić information content (AvgIpc) is 2.37. The zero-order valence-electron chi connectivity index (χ0n) is 6.83. The highest BCUT2D eigenvalue weighted by molar-refractivity contribution is 5.80. The fourth-order valence-corrected chi connectivity index (χ4v) is 0.900. The van der Waals surface area contributed by atoms with Crippen molar-refractivity contribution in [3.05, 3.63) is 0 Å². The number of alkyl carbamates (subject to hydrolysis) is 1. The molecule has 1 aliphatic heterocycles. The maximum absolute atomic E-state index is 10.8. The summed E-state index contributed by atoms with van der Waals surface area (Å²) in [4.78, 5) is 21.6. The van der Waals surface area contributed by atoms with Crippen LogP contribution in [0.4, 0.5) is 4.79 Å². The van der Waals surface area contributed by atoms with E-state index in [2.05, 4.69) is 10.1 Å². The summed E-state index contributed by atoms with van der Waals surface area (Å²) in [7, 11) is 0. The van der Waals surface area contributed by atoms with Gasteiger partial charge in [0.25, 0.3) is 0 Å². The van der Waals surface area contributed by atoms with Crippen LogP contribution in [0, 0.1) is 0 Å². The van der Waals surface area contributed by atoms with E-state index in [1.807, 2.05) is 0 Å². The standard InChI is InChI=1S/C7H11NO4/c1-2-8-7(10)12-5-3-4-11-6(5)9/h5H,2-4H2,1H3,(H,8,10). The van der Waals surface area contributed by atoms with Crippen molar-refractivity contribution in [2.75, 3.05) is 13.2 Å². The van der Waals surface area contributed by atoms with E-state index in [1.165, 1.54) is 0 Å². The van der Waals surface area contributed by atoms with Gasteiger partial charge >= 0.3 is 12.1 Å². The molecule has 0 radical (unpaired) electrons. The molecule has 0 bridgehead atoms. The number of hydrogen-bond acceptors (Lipinski definition) is 4. The minimum absolute atomic E-state index is 0.336. The Bertz CT molecular complexity index is 192. The molecule has 1 saturated heterocycles. The summed E-state index contributed by atoms with van der Waals surface area (Å²) < 4.78 is 9.34. The highest BCUT2D eigenvalue weighted by Crippen LogP contribution is 2.09. The van der Waals surface area contributed by atoms with Crippen LogP contribution in [0.15, 0.2) is 0 Å². The van der Waals surface area contributed by atoms with Gasteiger partial charge in [0, 0.05) is 13.0 Å². The van der Waals surface area contributed by atoms with Crippen LogP contribution in [0.2, 0.25) is 0 Å². The molecule has 68 valence electrons. The fourth-order valence-electron chi connectivity index (χ4n) is 0.900. The smallest absolute Gasteiger partial charge is 0.407 e. The van der Waals surface area contributed by atoms with Gasteiger partial charge in [-0.2, -0.15) is 0 Å². The van der Waals surface area contributed by atoms with E-state index in [0.29, 0.717) is 19.6 Å². The highest BCUT2D eigenvalue weighted by Gasteiger charge is 2.29. The summed E-state index contributed by atoms with van der Waals surface area (Å²) in [6.45, 7) is 2.59. The lowest BCUT2D eigenvalue weighted by atomic mass is 10.3. The van der Waals surface area contributed by atoms with Crippen LogP contribution in [0.1, 0.15) is 13.3 Å². The van der Waals surface area contributed by atoms with E-state index >= 15 is 0 Å². The van der Waals surface area contributed by atoms with Gasteiger partial charge < -0.3 is 14.8 Å². The predicted octanol–water partition coefficient (Wildman–Crippen LogP) is 0.0480. The second kappa shape index (κ2) is 3.94. The van der Waals surface area contributed by atoms with Gasteiger partial charge in [-0.15, -0.1) is 0 Å². The highest BCUT2D eigenvalue weighted by atomic mass is 16.6. The van der Waals surface area contributed by atoms with Crippen molar-refractivity contribution in [2.45, 2.75) is 19.4 Å². The van der Waals surface area contributed by atoms with Gasteiger partial charge in [0.15, 0.2) is 0 Å². The molecule has 0 aromatic rings. The molecule has 5 nitrogen and oxygen atoms in total. The summed E-state index contributed by atoms with van der Waals surface area (Å²) in [6.07, 6.45) is -0.825. The minimum Gasteiger partial charge on any atom is -0.463 e. The second-order valence-corrected chi connectivity index (χ2v) is 2.38. The number of hydrogen-bond donors (Lipinski definition) is 1. The number of rotatable bonds is 2. The maximum Gasteiger partial charge on any atom is 0.407 e. The van der Waals surface area contributed by atoms with E-state index < -0.39 is 18.2 Å². The maximum atomic E-state index is 10.8. The number of cyclic esters (lactones) is 1. The van der Waals surface area contributed by atoms with Gasteiger partial charge in [0.1, 0.15) is 0 Å². The first-order chi connectivity index (χ1) is 5.74. The lowest BCUT2D eigenvalue weighted by Gasteiger charge is -2.07. The number of carbonyl (C=O) groups is 2. The normalized spacial score (nSPS) is 21.8. The van der Waals surface area contributed by atoms with E-state index in [9.17, 15) is 9.59 Å². The van der Waals surface area contributed by atoms with Gasteiger partial charge in [-0.25, -0.2) is 9.59 Å². The summed E-state index contributed by atoms with van der Waals surface area (Å²) >= 11 is 0. The topological polar surface area (TPSA) is 64.6 Å². The molecule has 1 fully saturated rings. The third-order valence-electron chi connectivity index (χ3n) is 1.46. The molecule has 5 heteroatoms. The van der Waals surface area contributed by atoms with E-state index in [1.54, 1.807) is 6.92 Å². The number of amides is 1. The number of esters is 1. The Labute approximate surface area is 70.0 Å². The SMILES string of the molecule is CCNC(=O)OC1CCOC1=O. The summed E-state index contributed by atoms with van der Waals surface area (Å²) in [5.41, 5.74) is 0. The molecule has 0 spiro atoms. The van der Waals surface area contributed by atoms with Crippen molar-refractivity contribution >= 4 is 12.1 Å². The van der Waals surface area contributed by atoms with Crippen molar-refractivity contribution in [3.8, 4) is 0 Å². The van der Waals surface area contributed by atoms with Crippen LogP contribution >= 0.6 is 0 Å². The van der Waals surface area contributed by atoms with Gasteiger partial charge in [0.2, 0.25) is 6.10 Å². The molecule has 0 aliphatic carbocycles. The Morgan fingerprint density at radius 3 is 3.08 bits per heavy atom. The molecular weight excluding hydrogens is 162 g/mol. The summed E-state index contributed by atoms with van der Waals surface area (Å²) in [5.74, 6) is -0.457. The molecule has 0 aromatic carbocycles. The number of nitrogens with one attached hydrogen (secondary N) is 1. The van der Waals surface area contributed by atoms with Crippen molar-refractivity contribution in [1.29, 1.82) is 0 Å². The molecule has 1 N–H and O–H groups in total. The van der Waals surface area contributed by atoms with Crippen molar-refractivity contribution in [1.82, 2.24) is 5.32 Å². The molecule has 12 heavy (non-hydrogen) atoms. The van der Waals surface area contributed by atoms with Crippen LogP contribution < -0.4 is 5.32 Å². The van der Waals surface area contributed by atoms with Gasteiger partial charge in [-0.05, 0) is 6.92 Å². The summed E-state index contributed by atoms with van der Waals surface area (Å²) in [6, 6.07) is 0. The van der Waals surface area contributed by atoms with E-state index in [0.717, 1.165) is 0 Å². The Hall–Kier alpha value is -1.26. The zero-order valence-corrected chi connectivity index (χ0v) is 6.83. The van der Waals surface area contributed by atoms with Crippen LogP contribution in [0.25, 0.3) is 0 Å². The molecule has 1 heterocycles. The van der Waals surface area contributed by atoms with Crippen LogP contribution in [-0.2, 0) is 14.3 Å². The van der Waals surface area contributed by atoms with Crippen LogP contribution in [-0.4, -0.2) is 31.3 Å². The van der Waals surface area contributed by atoms with Crippen molar-refractivity contribution in [2.24, 2.45) is 0 Å². The Morgan fingerprint density at radius 2 is 2.58 bits per heavy atom. The second-order valence-electron chi connectivity index (χ2n) is 2.38. The van der Waals surface area contributed by atoms with Gasteiger partial charge in [0.05, 0.1) is 6.61 Å². The largest absolute Gasteiger partial charge is 0.463 e. The third kappa shape index (κ3) is 2.11. The van der Waals surface area contributed by atoms with Crippen LogP contribution in [0.5, 0.6) is 0 Å². The number of carbonyl (C=O) groups excluding carboxylic acids is 2. The van der Waals surface area contributed by atoms with Gasteiger partial charge in [-0.1, -0.05) is 0 Å². The summed E-state index contributed by atoms with van der Waals surface area (Å²) in [5, 5.41) is 2.42. The lowest BCUT2D eigenvalue weighted by Crippen LogP contribution is -2.30. The fraction of sp³-hybridized carbons (Fsp3) is 0.714. The molecular formula is C7H11NO4. The van der Waals surface area contributed by atoms with Crippen molar-refractivity contribution in [3.63, 3.8) is 0 Å². The molecule has 0 saturated carbocycles. The Morgan fingerprint density at radius 1 is 1.83 bits per heavy atom. The number of ether oxygens (including phenoxy) is 2. The molecule has 1 unspecified atom stereocenters.